The van der Waals surface area contributed by atoms with Crippen LogP contribution in [0.15, 0.2) is 41.3 Å². The molecule has 0 spiro atoms. The first-order valence-electron chi connectivity index (χ1n) is 5.30. The number of aromatic nitrogens is 1. The average molecular weight is 284 g/mol. The average Bonchev–Trinajstić information content (AvgIpc) is 2.27. The van der Waals surface area contributed by atoms with Crippen molar-refractivity contribution in [2.75, 3.05) is 4.72 Å². The Morgan fingerprint density at radius 3 is 2.53 bits per heavy atom. The molecule has 0 unspecified atom stereocenters. The highest BCUT2D eigenvalue weighted by molar-refractivity contribution is 7.92. The van der Waals surface area contributed by atoms with Crippen LogP contribution in [0.5, 0.6) is 0 Å². The molecule has 0 amide bonds. The van der Waals surface area contributed by atoms with Gasteiger partial charge in [0.05, 0.1) is 0 Å². The maximum absolute atomic E-state index is 13.4. The highest BCUT2D eigenvalue weighted by Crippen LogP contribution is 2.18. The molecule has 0 atom stereocenters. The summed E-state index contributed by atoms with van der Waals surface area (Å²) in [6.45, 7) is 1.69. The first kappa shape index (κ1) is 13.4. The monoisotopic (exact) mass is 284 g/mol. The zero-order chi connectivity index (χ0) is 14.0. The minimum Gasteiger partial charge on any atom is -0.263 e. The number of nitrogens with one attached hydrogen (secondary N) is 1. The number of hydrogen-bond donors (Lipinski definition) is 1. The molecular weight excluding hydrogens is 274 g/mol. The van der Waals surface area contributed by atoms with Gasteiger partial charge in [-0.25, -0.2) is 22.2 Å². The van der Waals surface area contributed by atoms with Crippen LogP contribution in [0, 0.1) is 18.6 Å². The van der Waals surface area contributed by atoms with Gasteiger partial charge in [-0.1, -0.05) is 6.07 Å². The molecule has 1 aromatic heterocycles. The number of benzene rings is 1. The molecule has 4 nitrogen and oxygen atoms in total. The smallest absolute Gasteiger partial charge is 0.263 e. The van der Waals surface area contributed by atoms with Crippen LogP contribution in [0.25, 0.3) is 0 Å². The number of aryl methyl sites for hydroxylation is 1. The summed E-state index contributed by atoms with van der Waals surface area (Å²) in [5.74, 6) is -1.92. The van der Waals surface area contributed by atoms with Crippen LogP contribution in [0.1, 0.15) is 5.69 Å². The molecule has 7 heteroatoms. The van der Waals surface area contributed by atoms with Gasteiger partial charge >= 0.3 is 0 Å². The van der Waals surface area contributed by atoms with E-state index in [2.05, 4.69) is 9.71 Å². The highest BCUT2D eigenvalue weighted by atomic mass is 32.2. The van der Waals surface area contributed by atoms with Crippen LogP contribution in [-0.4, -0.2) is 13.4 Å². The topological polar surface area (TPSA) is 59.1 Å². The van der Waals surface area contributed by atoms with Crippen molar-refractivity contribution in [2.24, 2.45) is 0 Å². The molecule has 1 N–H and O–H groups in total. The Morgan fingerprint density at radius 1 is 1.16 bits per heavy atom. The normalized spacial score (nSPS) is 11.3. The molecule has 0 saturated heterocycles. The van der Waals surface area contributed by atoms with Crippen molar-refractivity contribution in [3.63, 3.8) is 0 Å². The predicted molar refractivity (Wildman–Crippen MR) is 66.1 cm³/mol. The molecule has 19 heavy (non-hydrogen) atoms. The summed E-state index contributed by atoms with van der Waals surface area (Å²) in [5.41, 5.74) is 0.611. The molecule has 0 radical (unpaired) electrons. The molecule has 0 aliphatic heterocycles. The Bertz CT molecular complexity index is 717. The SMILES string of the molecule is Cc1cccc(NS(=O)(=O)c2ccc(F)cc2F)n1. The third kappa shape index (κ3) is 3.05. The Labute approximate surface area is 109 Å². The van der Waals surface area contributed by atoms with Crippen molar-refractivity contribution in [1.29, 1.82) is 0 Å². The number of pyridine rings is 1. The first-order chi connectivity index (χ1) is 8.88. The minimum atomic E-state index is -4.13. The number of halogens is 2. The first-order valence-corrected chi connectivity index (χ1v) is 6.78. The number of sulfonamides is 1. The van der Waals surface area contributed by atoms with Gasteiger partial charge in [-0.3, -0.25) is 4.72 Å². The van der Waals surface area contributed by atoms with Crippen LogP contribution in [0.4, 0.5) is 14.6 Å². The summed E-state index contributed by atoms with van der Waals surface area (Å²) in [6.07, 6.45) is 0. The number of nitrogens with zero attached hydrogens (tertiary/aromatic N) is 1. The van der Waals surface area contributed by atoms with Gasteiger partial charge in [0.2, 0.25) is 0 Å². The molecule has 0 saturated carbocycles. The highest BCUT2D eigenvalue weighted by Gasteiger charge is 2.20. The van der Waals surface area contributed by atoms with E-state index in [1.165, 1.54) is 6.07 Å². The van der Waals surface area contributed by atoms with E-state index in [-0.39, 0.29) is 5.82 Å². The van der Waals surface area contributed by atoms with Crippen molar-refractivity contribution in [3.05, 3.63) is 53.7 Å². The van der Waals surface area contributed by atoms with Gasteiger partial charge in [-0.15, -0.1) is 0 Å². The van der Waals surface area contributed by atoms with Gasteiger partial charge in [0.15, 0.2) is 0 Å². The number of anilines is 1. The van der Waals surface area contributed by atoms with E-state index in [4.69, 9.17) is 0 Å². The van der Waals surface area contributed by atoms with E-state index in [1.807, 2.05) is 0 Å². The molecule has 2 aromatic rings. The Balaban J connectivity index is 2.38. The summed E-state index contributed by atoms with van der Waals surface area (Å²) in [6, 6.07) is 6.99. The number of hydrogen-bond acceptors (Lipinski definition) is 3. The second-order valence-electron chi connectivity index (χ2n) is 3.84. The lowest BCUT2D eigenvalue weighted by atomic mass is 10.3. The fraction of sp³-hybridized carbons (Fsp3) is 0.0833. The fourth-order valence-corrected chi connectivity index (χ4v) is 2.55. The minimum absolute atomic E-state index is 0.0729. The fourth-order valence-electron chi connectivity index (χ4n) is 1.49. The lowest BCUT2D eigenvalue weighted by Crippen LogP contribution is -2.15. The predicted octanol–water partition coefficient (Wildman–Crippen LogP) is 2.47. The summed E-state index contributed by atoms with van der Waals surface area (Å²) < 4.78 is 52.2. The van der Waals surface area contributed by atoms with Crippen LogP contribution >= 0.6 is 0 Å². The van der Waals surface area contributed by atoms with E-state index in [0.29, 0.717) is 11.8 Å². The lowest BCUT2D eigenvalue weighted by molar-refractivity contribution is 0.551. The van der Waals surface area contributed by atoms with Gasteiger partial charge in [0.1, 0.15) is 22.3 Å². The van der Waals surface area contributed by atoms with E-state index in [1.54, 1.807) is 19.1 Å². The summed E-state index contributed by atoms with van der Waals surface area (Å²) in [7, 11) is -4.13. The largest absolute Gasteiger partial charge is 0.265 e. The van der Waals surface area contributed by atoms with Crippen LogP contribution < -0.4 is 4.72 Å². The zero-order valence-corrected chi connectivity index (χ0v) is 10.7. The molecule has 2 rings (SSSR count). The number of rotatable bonds is 3. The standard InChI is InChI=1S/C12H10F2N2O2S/c1-8-3-2-4-12(15-8)16-19(17,18)11-6-5-9(13)7-10(11)14/h2-7H,1H3,(H,15,16). The molecule has 1 aromatic carbocycles. The third-order valence-corrected chi connectivity index (χ3v) is 3.70. The van der Waals surface area contributed by atoms with E-state index in [0.717, 1.165) is 12.1 Å². The zero-order valence-electron chi connectivity index (χ0n) is 9.89. The second kappa shape index (κ2) is 4.93. The van der Waals surface area contributed by atoms with Crippen molar-refractivity contribution in [2.45, 2.75) is 11.8 Å². The van der Waals surface area contributed by atoms with E-state index >= 15 is 0 Å². The lowest BCUT2D eigenvalue weighted by Gasteiger charge is -2.08. The Hall–Kier alpha value is -2.02. The molecule has 0 fully saturated rings. The van der Waals surface area contributed by atoms with E-state index < -0.39 is 26.6 Å². The maximum Gasteiger partial charge on any atom is 0.265 e. The quantitative estimate of drug-likeness (QED) is 0.942. The molecular formula is C12H10F2N2O2S. The van der Waals surface area contributed by atoms with Gasteiger partial charge in [-0.2, -0.15) is 0 Å². The van der Waals surface area contributed by atoms with Crippen molar-refractivity contribution < 1.29 is 17.2 Å². The van der Waals surface area contributed by atoms with Crippen LogP contribution in [0.3, 0.4) is 0 Å². The summed E-state index contributed by atoms with van der Waals surface area (Å²) >= 11 is 0. The maximum atomic E-state index is 13.4. The second-order valence-corrected chi connectivity index (χ2v) is 5.50. The van der Waals surface area contributed by atoms with Gasteiger partial charge < -0.3 is 0 Å². The summed E-state index contributed by atoms with van der Waals surface area (Å²) in [5, 5.41) is 0. The van der Waals surface area contributed by atoms with Gasteiger partial charge in [0.25, 0.3) is 10.0 Å². The van der Waals surface area contributed by atoms with Crippen molar-refractivity contribution in [3.8, 4) is 0 Å². The van der Waals surface area contributed by atoms with E-state index in [9.17, 15) is 17.2 Å². The van der Waals surface area contributed by atoms with Crippen molar-refractivity contribution in [1.82, 2.24) is 4.98 Å². The molecule has 100 valence electrons. The molecule has 0 bridgehead atoms. The van der Waals surface area contributed by atoms with Crippen molar-refractivity contribution >= 4 is 15.8 Å². The van der Waals surface area contributed by atoms with Gasteiger partial charge in [0, 0.05) is 11.8 Å². The molecule has 0 aliphatic carbocycles. The molecule has 0 aliphatic rings. The van der Waals surface area contributed by atoms with Crippen LogP contribution in [-0.2, 0) is 10.0 Å². The Morgan fingerprint density at radius 2 is 1.89 bits per heavy atom. The van der Waals surface area contributed by atoms with Crippen LogP contribution in [0.2, 0.25) is 0 Å². The summed E-state index contributed by atoms with van der Waals surface area (Å²) in [4.78, 5) is 3.32. The molecule has 1 heterocycles. The van der Waals surface area contributed by atoms with Gasteiger partial charge in [-0.05, 0) is 31.2 Å². The Kier molecular flexibility index (Phi) is 3.48. The third-order valence-electron chi connectivity index (χ3n) is 2.31.